The maximum absolute atomic E-state index is 13.0. The van der Waals surface area contributed by atoms with Crippen molar-refractivity contribution < 1.29 is 37.7 Å². The third-order valence-electron chi connectivity index (χ3n) is 4.93. The van der Waals surface area contributed by atoms with Gasteiger partial charge in [0, 0.05) is 36.9 Å². The van der Waals surface area contributed by atoms with Crippen LogP contribution in [-0.2, 0) is 24.3 Å². The summed E-state index contributed by atoms with van der Waals surface area (Å²) in [7, 11) is -4.34. The highest BCUT2D eigenvalue weighted by Gasteiger charge is 2.44. The van der Waals surface area contributed by atoms with E-state index in [4.69, 9.17) is 16.3 Å². The van der Waals surface area contributed by atoms with Crippen LogP contribution in [0.5, 0.6) is 0 Å². The highest BCUT2D eigenvalue weighted by Crippen LogP contribution is 2.29. The number of rotatable bonds is 8. The molecule has 16 heteroatoms. The third kappa shape index (κ3) is 5.89. The lowest BCUT2D eigenvalue weighted by molar-refractivity contribution is -0.385. The minimum absolute atomic E-state index is 0.0146. The molecule has 3 rings (SSSR count). The number of carbonyl (C=O) groups is 2. The average molecular weight is 529 g/mol. The van der Waals surface area contributed by atoms with Gasteiger partial charge in [-0.2, -0.15) is 4.31 Å². The number of amides is 1. The van der Waals surface area contributed by atoms with Crippen LogP contribution in [0.4, 0.5) is 17.1 Å². The second kappa shape index (κ2) is 10.3. The topological polar surface area (TPSA) is 199 Å². The quantitative estimate of drug-likeness (QED) is 0.287. The van der Waals surface area contributed by atoms with Gasteiger partial charge >= 0.3 is 5.97 Å². The molecule has 2 aromatic carbocycles. The molecule has 1 aliphatic heterocycles. The first kappa shape index (κ1) is 26.0. The summed E-state index contributed by atoms with van der Waals surface area (Å²) in [4.78, 5) is 44.6. The Balaban J connectivity index is 1.68. The van der Waals surface area contributed by atoms with Crippen molar-refractivity contribution in [2.75, 3.05) is 18.5 Å². The molecule has 0 aromatic heterocycles. The fourth-order valence-electron chi connectivity index (χ4n) is 3.30. The van der Waals surface area contributed by atoms with Crippen LogP contribution in [0.25, 0.3) is 0 Å². The zero-order valence-corrected chi connectivity index (χ0v) is 19.1. The number of β-amino-alcohol motifs (C(OH)–C–C–N with tert-alkyl or cyclic N) is 1. The Morgan fingerprint density at radius 2 is 1.80 bits per heavy atom. The molecule has 1 aliphatic rings. The molecule has 2 atom stereocenters. The van der Waals surface area contributed by atoms with Crippen molar-refractivity contribution in [3.63, 3.8) is 0 Å². The number of nitrogens with zero attached hydrogens (tertiary/aromatic N) is 3. The number of hydrogen-bond acceptors (Lipinski definition) is 10. The normalized spacial score (nSPS) is 18.1. The van der Waals surface area contributed by atoms with Gasteiger partial charge in [0.2, 0.25) is 10.0 Å². The number of benzene rings is 2. The lowest BCUT2D eigenvalue weighted by Gasteiger charge is -2.22. The Bertz CT molecular complexity index is 1290. The first-order chi connectivity index (χ1) is 16.4. The highest BCUT2D eigenvalue weighted by molar-refractivity contribution is 7.89. The minimum Gasteiger partial charge on any atom is -0.454 e. The number of non-ortho nitro benzene ring substituents is 1. The second-order valence-electron chi connectivity index (χ2n) is 7.31. The SMILES string of the molecule is O=C(COC(=O)C1CC(O)CN1S(=O)(=O)c1ccc([N+](=O)[O-])cc1)Nc1ccc(Cl)c([N+](=O)[O-])c1. The summed E-state index contributed by atoms with van der Waals surface area (Å²) in [5, 5.41) is 33.8. The number of halogens is 1. The summed E-state index contributed by atoms with van der Waals surface area (Å²) in [6.07, 6.45) is -1.49. The van der Waals surface area contributed by atoms with Crippen molar-refractivity contribution in [3.8, 4) is 0 Å². The van der Waals surface area contributed by atoms with Crippen LogP contribution < -0.4 is 5.32 Å². The third-order valence-corrected chi connectivity index (χ3v) is 7.14. The molecule has 0 aliphatic carbocycles. The van der Waals surface area contributed by atoms with Crippen LogP contribution in [0.1, 0.15) is 6.42 Å². The Hall–Kier alpha value is -3.66. The van der Waals surface area contributed by atoms with Crippen LogP contribution >= 0.6 is 11.6 Å². The molecule has 1 heterocycles. The zero-order valence-electron chi connectivity index (χ0n) is 17.6. The van der Waals surface area contributed by atoms with E-state index in [1.165, 1.54) is 12.1 Å². The van der Waals surface area contributed by atoms with Gasteiger partial charge < -0.3 is 15.2 Å². The molecule has 1 fully saturated rings. The molecule has 2 aromatic rings. The number of carbonyl (C=O) groups excluding carboxylic acids is 2. The van der Waals surface area contributed by atoms with Crippen molar-refractivity contribution in [1.82, 2.24) is 4.31 Å². The van der Waals surface area contributed by atoms with Crippen LogP contribution in [0.2, 0.25) is 5.02 Å². The van der Waals surface area contributed by atoms with Gasteiger partial charge in [-0.15, -0.1) is 0 Å². The molecule has 0 spiro atoms. The van der Waals surface area contributed by atoms with Gasteiger partial charge in [0.25, 0.3) is 17.3 Å². The number of ether oxygens (including phenoxy) is 1. The number of nitro benzene ring substituents is 2. The molecular weight excluding hydrogens is 512 g/mol. The second-order valence-corrected chi connectivity index (χ2v) is 9.61. The summed E-state index contributed by atoms with van der Waals surface area (Å²) >= 11 is 5.70. The smallest absolute Gasteiger partial charge is 0.325 e. The molecule has 14 nitrogen and oxygen atoms in total. The largest absolute Gasteiger partial charge is 0.454 e. The van der Waals surface area contributed by atoms with E-state index in [0.29, 0.717) is 4.31 Å². The van der Waals surface area contributed by atoms with E-state index in [9.17, 15) is 43.3 Å². The number of anilines is 1. The van der Waals surface area contributed by atoms with Crippen LogP contribution in [0, 0.1) is 20.2 Å². The molecule has 2 N–H and O–H groups in total. The molecule has 0 radical (unpaired) electrons. The predicted molar refractivity (Wildman–Crippen MR) is 119 cm³/mol. The van der Waals surface area contributed by atoms with Crippen molar-refractivity contribution in [1.29, 1.82) is 0 Å². The van der Waals surface area contributed by atoms with E-state index >= 15 is 0 Å². The number of esters is 1. The van der Waals surface area contributed by atoms with E-state index in [1.54, 1.807) is 0 Å². The molecular formula is C19H17ClN4O10S. The van der Waals surface area contributed by atoms with Crippen molar-refractivity contribution in [2.45, 2.75) is 23.5 Å². The predicted octanol–water partition coefficient (Wildman–Crippen LogP) is 1.46. The van der Waals surface area contributed by atoms with Gasteiger partial charge in [-0.05, 0) is 24.3 Å². The van der Waals surface area contributed by atoms with Crippen molar-refractivity contribution in [2.24, 2.45) is 0 Å². The average Bonchev–Trinajstić information content (AvgIpc) is 3.21. The maximum Gasteiger partial charge on any atom is 0.325 e. The summed E-state index contributed by atoms with van der Waals surface area (Å²) < 4.78 is 31.5. The molecule has 186 valence electrons. The van der Waals surface area contributed by atoms with Gasteiger partial charge in [0.15, 0.2) is 6.61 Å². The van der Waals surface area contributed by atoms with Crippen LogP contribution in [0.15, 0.2) is 47.4 Å². The molecule has 1 amide bonds. The molecule has 0 bridgehead atoms. The molecule has 0 saturated carbocycles. The summed E-state index contributed by atoms with van der Waals surface area (Å²) in [5.74, 6) is -1.97. The molecule has 1 saturated heterocycles. The Morgan fingerprint density at radius 1 is 1.14 bits per heavy atom. The summed E-state index contributed by atoms with van der Waals surface area (Å²) in [6.45, 7) is -1.27. The Morgan fingerprint density at radius 3 is 2.40 bits per heavy atom. The lowest BCUT2D eigenvalue weighted by Crippen LogP contribution is -2.42. The molecule has 35 heavy (non-hydrogen) atoms. The van der Waals surface area contributed by atoms with E-state index in [0.717, 1.165) is 30.3 Å². The minimum atomic E-state index is -4.34. The van der Waals surface area contributed by atoms with E-state index in [2.05, 4.69) is 5.32 Å². The number of nitro groups is 2. The zero-order chi connectivity index (χ0) is 25.9. The number of nitrogens with one attached hydrogen (secondary N) is 1. The van der Waals surface area contributed by atoms with Gasteiger partial charge in [-0.1, -0.05) is 11.6 Å². The Labute approximate surface area is 202 Å². The fraction of sp³-hybridized carbons (Fsp3) is 0.263. The van der Waals surface area contributed by atoms with E-state index in [-0.39, 0.29) is 27.7 Å². The summed E-state index contributed by atoms with van der Waals surface area (Å²) in [6, 6.07) is 6.01. The van der Waals surface area contributed by atoms with Gasteiger partial charge in [0.1, 0.15) is 11.1 Å². The highest BCUT2D eigenvalue weighted by atomic mass is 35.5. The van der Waals surface area contributed by atoms with Crippen molar-refractivity contribution in [3.05, 3.63) is 67.7 Å². The van der Waals surface area contributed by atoms with Crippen LogP contribution in [0.3, 0.4) is 0 Å². The monoisotopic (exact) mass is 528 g/mol. The van der Waals surface area contributed by atoms with Crippen LogP contribution in [-0.4, -0.2) is 64.9 Å². The molecule has 2 unspecified atom stereocenters. The van der Waals surface area contributed by atoms with Gasteiger partial charge in [-0.25, -0.2) is 8.42 Å². The maximum atomic E-state index is 13.0. The number of hydrogen-bond donors (Lipinski definition) is 2. The summed E-state index contributed by atoms with van der Waals surface area (Å²) in [5.41, 5.74) is -0.771. The van der Waals surface area contributed by atoms with Crippen molar-refractivity contribution >= 4 is 50.6 Å². The van der Waals surface area contributed by atoms with E-state index in [1.807, 2.05) is 0 Å². The Kier molecular flexibility index (Phi) is 7.64. The lowest BCUT2D eigenvalue weighted by atomic mass is 10.2. The number of aliphatic hydroxyl groups is 1. The number of sulfonamides is 1. The van der Waals surface area contributed by atoms with Gasteiger partial charge in [-0.3, -0.25) is 29.8 Å². The van der Waals surface area contributed by atoms with E-state index < -0.39 is 62.7 Å². The van der Waals surface area contributed by atoms with Gasteiger partial charge in [0.05, 0.1) is 20.8 Å². The standard InChI is InChI=1S/C19H17ClN4O10S/c20-15-6-1-11(7-16(15)24(30)31)21-18(26)10-34-19(27)17-8-13(25)9-22(17)35(32,33)14-4-2-12(3-5-14)23(28)29/h1-7,13,17,25H,8-10H2,(H,21,26). The fourth-order valence-corrected chi connectivity index (χ4v) is 5.11. The first-order valence-corrected chi connectivity index (χ1v) is 11.6. The number of aliphatic hydroxyl groups excluding tert-OH is 1. The first-order valence-electron chi connectivity index (χ1n) is 9.75.